The smallest absolute Gasteiger partial charge is 0.165 e. The summed E-state index contributed by atoms with van der Waals surface area (Å²) in [6, 6.07) is 20.4. The molecule has 1 N–H and O–H groups in total. The first-order chi connectivity index (χ1) is 9.75. The minimum absolute atomic E-state index is 0.0164. The van der Waals surface area contributed by atoms with Crippen molar-refractivity contribution in [3.8, 4) is 0 Å². The maximum Gasteiger partial charge on any atom is 0.165 e. The summed E-state index contributed by atoms with van der Waals surface area (Å²) in [6.07, 6.45) is -0.236. The highest BCUT2D eigenvalue weighted by Gasteiger charge is 2.74. The zero-order chi connectivity index (χ0) is 13.7. The predicted molar refractivity (Wildman–Crippen MR) is 76.4 cm³/mol. The molecular weight excluding hydrogens is 248 g/mol. The highest BCUT2D eigenvalue weighted by molar-refractivity contribution is 5.96. The van der Waals surface area contributed by atoms with Crippen LogP contribution in [0.25, 0.3) is 0 Å². The molecule has 0 saturated heterocycles. The molecule has 0 spiro atoms. The van der Waals surface area contributed by atoms with Gasteiger partial charge in [-0.2, -0.15) is 0 Å². The van der Waals surface area contributed by atoms with Crippen LogP contribution in [0.5, 0.6) is 0 Å². The van der Waals surface area contributed by atoms with Crippen LogP contribution in [0.1, 0.15) is 23.5 Å². The number of carbonyl (C=O) groups is 1. The van der Waals surface area contributed by atoms with Crippen LogP contribution in [0.15, 0.2) is 60.7 Å². The number of hydrogen-bond acceptors (Lipinski definition) is 2. The summed E-state index contributed by atoms with van der Waals surface area (Å²) in [4.78, 5) is 12.3. The molecule has 2 aromatic rings. The zero-order valence-corrected chi connectivity index (χ0v) is 11.1. The van der Waals surface area contributed by atoms with Gasteiger partial charge in [0.05, 0.1) is 0 Å². The van der Waals surface area contributed by atoms with Crippen molar-refractivity contribution >= 4 is 5.78 Å². The molecule has 20 heavy (non-hydrogen) atoms. The molecule has 0 aliphatic heterocycles. The number of aliphatic hydroxyl groups is 1. The fourth-order valence-corrected chi connectivity index (χ4v) is 4.12. The first-order valence-corrected chi connectivity index (χ1v) is 7.07. The van der Waals surface area contributed by atoms with Crippen molar-refractivity contribution in [1.82, 2.24) is 0 Å². The van der Waals surface area contributed by atoms with Gasteiger partial charge in [-0.15, -0.1) is 0 Å². The molecule has 0 heterocycles. The van der Waals surface area contributed by atoms with E-state index in [1.54, 1.807) is 0 Å². The van der Waals surface area contributed by atoms with Crippen molar-refractivity contribution < 1.29 is 9.90 Å². The molecular formula is C18H16O2. The number of Topliss-reactive ketones (excluding diaryl/α,β-unsaturated/α-hetero) is 1. The van der Waals surface area contributed by atoms with Crippen LogP contribution in [-0.2, 0) is 10.2 Å². The monoisotopic (exact) mass is 264 g/mol. The van der Waals surface area contributed by atoms with Gasteiger partial charge in [0.2, 0.25) is 0 Å². The van der Waals surface area contributed by atoms with Gasteiger partial charge >= 0.3 is 0 Å². The average Bonchev–Trinajstić information content (AvgIpc) is 3.10. The quantitative estimate of drug-likeness (QED) is 0.905. The molecule has 2 fully saturated rings. The molecule has 0 aromatic heterocycles. The fourth-order valence-electron chi connectivity index (χ4n) is 4.12. The number of benzene rings is 2. The molecule has 2 saturated carbocycles. The lowest BCUT2D eigenvalue weighted by molar-refractivity contribution is -0.126. The van der Waals surface area contributed by atoms with Gasteiger partial charge in [-0.05, 0) is 17.5 Å². The second kappa shape index (κ2) is 4.03. The molecule has 2 aliphatic carbocycles. The molecule has 2 nitrogen and oxygen atoms in total. The number of ketones is 1. The summed E-state index contributed by atoms with van der Waals surface area (Å²) in [7, 11) is 0. The van der Waals surface area contributed by atoms with E-state index in [9.17, 15) is 9.90 Å². The highest BCUT2D eigenvalue weighted by atomic mass is 16.3. The van der Waals surface area contributed by atoms with Crippen LogP contribution in [0.2, 0.25) is 0 Å². The van der Waals surface area contributed by atoms with Crippen molar-refractivity contribution in [1.29, 1.82) is 0 Å². The van der Waals surface area contributed by atoms with Crippen molar-refractivity contribution in [3.63, 3.8) is 0 Å². The lowest BCUT2D eigenvalue weighted by Gasteiger charge is -2.17. The van der Waals surface area contributed by atoms with Crippen LogP contribution in [-0.4, -0.2) is 17.0 Å². The fraction of sp³-hybridized carbons (Fsp3) is 0.278. The van der Waals surface area contributed by atoms with Gasteiger partial charge in [-0.1, -0.05) is 60.7 Å². The second-order valence-corrected chi connectivity index (χ2v) is 5.89. The Labute approximate surface area is 118 Å². The number of hydrogen-bond donors (Lipinski definition) is 1. The van der Waals surface area contributed by atoms with E-state index in [-0.39, 0.29) is 23.0 Å². The second-order valence-electron chi connectivity index (χ2n) is 5.89. The Balaban J connectivity index is 1.82. The summed E-state index contributed by atoms with van der Waals surface area (Å²) in [5.41, 5.74) is 2.21. The van der Waals surface area contributed by atoms with E-state index in [0.29, 0.717) is 6.42 Å². The minimum Gasteiger partial charge on any atom is -0.385 e. The highest BCUT2D eigenvalue weighted by Crippen LogP contribution is 2.71. The Kier molecular flexibility index (Phi) is 2.39. The third kappa shape index (κ3) is 1.40. The van der Waals surface area contributed by atoms with Gasteiger partial charge < -0.3 is 5.11 Å². The van der Waals surface area contributed by atoms with E-state index in [1.807, 2.05) is 36.4 Å². The lowest BCUT2D eigenvalue weighted by atomic mass is 9.87. The third-order valence-electron chi connectivity index (χ3n) is 4.97. The molecule has 0 bridgehead atoms. The van der Waals surface area contributed by atoms with E-state index >= 15 is 0 Å². The molecule has 4 rings (SSSR count). The summed E-state index contributed by atoms with van der Waals surface area (Å²) < 4.78 is 0. The van der Waals surface area contributed by atoms with Gasteiger partial charge in [0.25, 0.3) is 0 Å². The normalized spacial score (nSPS) is 34.9. The molecule has 0 amide bonds. The van der Waals surface area contributed by atoms with Gasteiger partial charge in [-0.25, -0.2) is 0 Å². The summed E-state index contributed by atoms with van der Waals surface area (Å²) in [5, 5.41) is 9.94. The average molecular weight is 264 g/mol. The SMILES string of the molecule is O=C1[C@H](O)C[C@]2(c3ccccc3)[C@H]1[C@@H]2c1ccccc1. The maximum atomic E-state index is 12.3. The van der Waals surface area contributed by atoms with Crippen LogP contribution in [0, 0.1) is 5.92 Å². The number of fused-ring (bicyclic) bond motifs is 1. The third-order valence-corrected chi connectivity index (χ3v) is 4.97. The molecule has 100 valence electrons. The van der Waals surface area contributed by atoms with Gasteiger partial charge in [0, 0.05) is 17.3 Å². The Bertz CT molecular complexity index is 650. The Morgan fingerprint density at radius 1 is 0.900 bits per heavy atom. The topological polar surface area (TPSA) is 37.3 Å². The number of carbonyl (C=O) groups excluding carboxylic acids is 1. The van der Waals surface area contributed by atoms with Crippen LogP contribution < -0.4 is 0 Å². The van der Waals surface area contributed by atoms with E-state index in [1.165, 1.54) is 11.1 Å². The molecule has 2 aromatic carbocycles. The largest absolute Gasteiger partial charge is 0.385 e. The molecule has 0 unspecified atom stereocenters. The van der Waals surface area contributed by atoms with E-state index in [2.05, 4.69) is 24.3 Å². The van der Waals surface area contributed by atoms with Crippen molar-refractivity contribution in [2.24, 2.45) is 5.92 Å². The lowest BCUT2D eigenvalue weighted by Crippen LogP contribution is -2.20. The van der Waals surface area contributed by atoms with E-state index in [4.69, 9.17) is 0 Å². The zero-order valence-electron chi connectivity index (χ0n) is 11.1. The first-order valence-electron chi connectivity index (χ1n) is 7.07. The molecule has 2 aliphatic rings. The maximum absolute atomic E-state index is 12.3. The standard InChI is InChI=1S/C18H16O2/c19-14-11-18(13-9-5-2-6-10-13)15(16(18)17(14)20)12-7-3-1-4-8-12/h1-10,14-16,19H,11H2/t14-,15+,16+,18-/m1/s1. The van der Waals surface area contributed by atoms with Crippen molar-refractivity contribution in [2.45, 2.75) is 23.9 Å². The van der Waals surface area contributed by atoms with Crippen LogP contribution >= 0.6 is 0 Å². The van der Waals surface area contributed by atoms with Crippen LogP contribution in [0.4, 0.5) is 0 Å². The van der Waals surface area contributed by atoms with Gasteiger partial charge in [-0.3, -0.25) is 4.79 Å². The van der Waals surface area contributed by atoms with E-state index < -0.39 is 6.10 Å². The Morgan fingerprint density at radius 3 is 2.15 bits per heavy atom. The summed E-state index contributed by atoms with van der Waals surface area (Å²) in [6.45, 7) is 0. The van der Waals surface area contributed by atoms with E-state index in [0.717, 1.165) is 0 Å². The van der Waals surface area contributed by atoms with Gasteiger partial charge in [0.1, 0.15) is 6.10 Å². The predicted octanol–water partition coefficient (Wildman–Crippen LogP) is 2.67. The van der Waals surface area contributed by atoms with Crippen molar-refractivity contribution in [3.05, 3.63) is 71.8 Å². The number of aliphatic hydroxyl groups excluding tert-OH is 1. The van der Waals surface area contributed by atoms with Crippen LogP contribution in [0.3, 0.4) is 0 Å². The summed E-state index contributed by atoms with van der Waals surface area (Å²) >= 11 is 0. The molecule has 0 radical (unpaired) electrons. The Morgan fingerprint density at radius 2 is 1.50 bits per heavy atom. The first kappa shape index (κ1) is 11.9. The Hall–Kier alpha value is -1.93. The minimum atomic E-state index is -0.792. The summed E-state index contributed by atoms with van der Waals surface area (Å²) in [5.74, 6) is 0.187. The molecule has 4 atom stereocenters. The van der Waals surface area contributed by atoms with Gasteiger partial charge in [0.15, 0.2) is 5.78 Å². The molecule has 2 heteroatoms. The van der Waals surface area contributed by atoms with Crippen molar-refractivity contribution in [2.75, 3.05) is 0 Å². The number of rotatable bonds is 2.